The van der Waals surface area contributed by atoms with Crippen LogP contribution in [0.4, 0.5) is 0 Å². The Labute approximate surface area is 200 Å². The highest BCUT2D eigenvalue weighted by Crippen LogP contribution is 2.51. The Bertz CT molecular complexity index is 912. The van der Waals surface area contributed by atoms with Crippen LogP contribution in [-0.4, -0.2) is 30.4 Å². The molecule has 172 valence electrons. The summed E-state index contributed by atoms with van der Waals surface area (Å²) in [6, 6.07) is 13.9. The van der Waals surface area contributed by atoms with E-state index in [4.69, 9.17) is 21.1 Å². The van der Waals surface area contributed by atoms with Gasteiger partial charge in [0.05, 0.1) is 12.4 Å². The minimum atomic E-state index is -0.0822. The Hall–Kier alpha value is -1.85. The highest BCUT2D eigenvalue weighted by Gasteiger charge is 2.42. The van der Waals surface area contributed by atoms with Crippen LogP contribution in [0.1, 0.15) is 61.8 Å². The Balaban J connectivity index is 1.37. The van der Waals surface area contributed by atoms with Crippen molar-refractivity contribution >= 4 is 29.3 Å². The predicted octanol–water partition coefficient (Wildman–Crippen LogP) is 6.36. The fourth-order valence-electron chi connectivity index (χ4n) is 4.73. The van der Waals surface area contributed by atoms with Crippen molar-refractivity contribution in [1.82, 2.24) is 5.32 Å². The average molecular weight is 474 g/mol. The van der Waals surface area contributed by atoms with Crippen LogP contribution < -0.4 is 14.8 Å². The molecule has 1 aliphatic heterocycles. The molecular formula is C26H32ClNO3S. The number of amides is 1. The van der Waals surface area contributed by atoms with Crippen LogP contribution in [0, 0.1) is 0 Å². The number of rotatable bonds is 8. The Morgan fingerprint density at radius 2 is 1.97 bits per heavy atom. The van der Waals surface area contributed by atoms with Crippen molar-refractivity contribution in [2.45, 2.75) is 62.7 Å². The van der Waals surface area contributed by atoms with E-state index in [9.17, 15) is 4.79 Å². The van der Waals surface area contributed by atoms with Crippen LogP contribution in [0.25, 0.3) is 0 Å². The topological polar surface area (TPSA) is 47.6 Å². The highest BCUT2D eigenvalue weighted by atomic mass is 35.5. The van der Waals surface area contributed by atoms with E-state index in [1.807, 2.05) is 37.3 Å². The standard InChI is InChI=1S/C26H32ClNO3S/c1-2-30-21-10-11-23-22(16-21)24(17-26(31-23)13-4-3-5-14-26)32-18-25(29)28-15-12-19-6-8-20(27)9-7-19/h6-11,16,24H,2-5,12-15,17-18H2,1H3,(H,28,29). The van der Waals surface area contributed by atoms with Gasteiger partial charge in [-0.3, -0.25) is 4.79 Å². The molecule has 4 rings (SSSR count). The molecule has 1 spiro atoms. The van der Waals surface area contributed by atoms with Crippen LogP contribution in [0.3, 0.4) is 0 Å². The van der Waals surface area contributed by atoms with Crippen LogP contribution in [0.15, 0.2) is 42.5 Å². The summed E-state index contributed by atoms with van der Waals surface area (Å²) in [4.78, 5) is 12.6. The monoisotopic (exact) mass is 473 g/mol. The van der Waals surface area contributed by atoms with Crippen molar-refractivity contribution in [2.75, 3.05) is 18.9 Å². The molecule has 1 aliphatic carbocycles. The first-order valence-electron chi connectivity index (χ1n) is 11.7. The maximum atomic E-state index is 12.6. The number of ether oxygens (including phenoxy) is 2. The van der Waals surface area contributed by atoms with E-state index >= 15 is 0 Å². The molecule has 1 atom stereocenters. The number of carbonyl (C=O) groups excluding carboxylic acids is 1. The molecule has 6 heteroatoms. The Kier molecular flexibility index (Phi) is 7.90. The minimum Gasteiger partial charge on any atom is -0.494 e. The van der Waals surface area contributed by atoms with E-state index in [0.29, 0.717) is 18.9 Å². The molecule has 2 aromatic rings. The first-order chi connectivity index (χ1) is 15.6. The second-order valence-corrected chi connectivity index (χ2v) is 10.3. The first-order valence-corrected chi connectivity index (χ1v) is 13.1. The zero-order valence-corrected chi connectivity index (χ0v) is 20.3. The number of fused-ring (bicyclic) bond motifs is 1. The Morgan fingerprint density at radius 1 is 1.19 bits per heavy atom. The molecule has 2 aliphatic rings. The first kappa shape index (κ1) is 23.3. The largest absolute Gasteiger partial charge is 0.494 e. The van der Waals surface area contributed by atoms with Crippen LogP contribution >= 0.6 is 23.4 Å². The lowest BCUT2D eigenvalue weighted by atomic mass is 9.78. The van der Waals surface area contributed by atoms with Crippen molar-refractivity contribution in [3.05, 3.63) is 58.6 Å². The van der Waals surface area contributed by atoms with Gasteiger partial charge in [0.2, 0.25) is 5.91 Å². The van der Waals surface area contributed by atoms with Gasteiger partial charge < -0.3 is 14.8 Å². The molecule has 0 bridgehead atoms. The van der Waals surface area contributed by atoms with Gasteiger partial charge in [0.1, 0.15) is 17.1 Å². The zero-order valence-electron chi connectivity index (χ0n) is 18.7. The highest BCUT2D eigenvalue weighted by molar-refractivity contribution is 8.00. The smallest absolute Gasteiger partial charge is 0.230 e. The van der Waals surface area contributed by atoms with Crippen LogP contribution in [0.2, 0.25) is 5.02 Å². The number of nitrogens with one attached hydrogen (secondary N) is 1. The fourth-order valence-corrected chi connectivity index (χ4v) is 6.09. The Morgan fingerprint density at radius 3 is 2.72 bits per heavy atom. The molecule has 1 fully saturated rings. The molecule has 1 heterocycles. The molecule has 0 saturated heterocycles. The van der Waals surface area contributed by atoms with Crippen molar-refractivity contribution in [3.8, 4) is 11.5 Å². The number of benzene rings is 2. The molecule has 2 aromatic carbocycles. The lowest BCUT2D eigenvalue weighted by Crippen LogP contribution is -2.42. The summed E-state index contributed by atoms with van der Waals surface area (Å²) in [5, 5.41) is 4.03. The van der Waals surface area contributed by atoms with Crippen molar-refractivity contribution in [2.24, 2.45) is 0 Å². The maximum absolute atomic E-state index is 12.6. The summed E-state index contributed by atoms with van der Waals surface area (Å²) in [5.41, 5.74) is 2.25. The van der Waals surface area contributed by atoms with Gasteiger partial charge in [-0.1, -0.05) is 30.2 Å². The second kappa shape index (κ2) is 10.8. The fraction of sp³-hybridized carbons (Fsp3) is 0.500. The molecule has 1 unspecified atom stereocenters. The van der Waals surface area contributed by atoms with E-state index < -0.39 is 0 Å². The number of hydrogen-bond donors (Lipinski definition) is 1. The molecule has 1 saturated carbocycles. The lowest BCUT2D eigenvalue weighted by Gasteiger charge is -2.44. The molecule has 32 heavy (non-hydrogen) atoms. The molecular weight excluding hydrogens is 442 g/mol. The van der Waals surface area contributed by atoms with Crippen molar-refractivity contribution in [3.63, 3.8) is 0 Å². The SMILES string of the molecule is CCOc1ccc2c(c1)C(SCC(=O)NCCc1ccc(Cl)cc1)CC1(CCCCC1)O2. The number of hydrogen-bond acceptors (Lipinski definition) is 4. The number of carbonyl (C=O) groups is 1. The van der Waals surface area contributed by atoms with E-state index in [2.05, 4.69) is 17.4 Å². The third-order valence-corrected chi connectivity index (χ3v) is 7.86. The van der Waals surface area contributed by atoms with Gasteiger partial charge in [0.25, 0.3) is 0 Å². The summed E-state index contributed by atoms with van der Waals surface area (Å²) < 4.78 is 12.3. The molecule has 0 aromatic heterocycles. The van der Waals surface area contributed by atoms with E-state index in [0.717, 1.165) is 47.8 Å². The summed E-state index contributed by atoms with van der Waals surface area (Å²) in [7, 11) is 0. The van der Waals surface area contributed by atoms with Gasteiger partial charge in [-0.05, 0) is 74.9 Å². The van der Waals surface area contributed by atoms with E-state index in [-0.39, 0.29) is 16.8 Å². The zero-order chi connectivity index (χ0) is 22.4. The third kappa shape index (κ3) is 5.93. The van der Waals surface area contributed by atoms with Gasteiger partial charge in [-0.2, -0.15) is 0 Å². The maximum Gasteiger partial charge on any atom is 0.230 e. The number of halogens is 1. The molecule has 1 amide bonds. The normalized spacial score (nSPS) is 19.1. The van der Waals surface area contributed by atoms with E-state index in [1.54, 1.807) is 11.8 Å². The van der Waals surface area contributed by atoms with Gasteiger partial charge in [-0.25, -0.2) is 0 Å². The van der Waals surface area contributed by atoms with Crippen molar-refractivity contribution in [1.29, 1.82) is 0 Å². The quantitative estimate of drug-likeness (QED) is 0.484. The van der Waals surface area contributed by atoms with Gasteiger partial charge >= 0.3 is 0 Å². The van der Waals surface area contributed by atoms with Crippen LogP contribution in [-0.2, 0) is 11.2 Å². The minimum absolute atomic E-state index is 0.0793. The molecule has 4 nitrogen and oxygen atoms in total. The van der Waals surface area contributed by atoms with Gasteiger partial charge in [0.15, 0.2) is 0 Å². The summed E-state index contributed by atoms with van der Waals surface area (Å²) in [6.45, 7) is 3.26. The lowest BCUT2D eigenvalue weighted by molar-refractivity contribution is -0.118. The molecule has 0 radical (unpaired) electrons. The number of thioether (sulfide) groups is 1. The average Bonchev–Trinajstić information content (AvgIpc) is 2.80. The van der Waals surface area contributed by atoms with Gasteiger partial charge in [-0.15, -0.1) is 11.8 Å². The summed E-state index contributed by atoms with van der Waals surface area (Å²) in [6.07, 6.45) is 7.68. The predicted molar refractivity (Wildman–Crippen MR) is 132 cm³/mol. The van der Waals surface area contributed by atoms with Crippen molar-refractivity contribution < 1.29 is 14.3 Å². The molecule has 1 N–H and O–H groups in total. The summed E-state index contributed by atoms with van der Waals surface area (Å²) in [5.74, 6) is 2.35. The second-order valence-electron chi connectivity index (χ2n) is 8.71. The van der Waals surface area contributed by atoms with E-state index in [1.165, 1.54) is 24.8 Å². The van der Waals surface area contributed by atoms with Crippen LogP contribution in [0.5, 0.6) is 11.5 Å². The van der Waals surface area contributed by atoms with Gasteiger partial charge in [0, 0.05) is 28.8 Å². The third-order valence-electron chi connectivity index (χ3n) is 6.35. The summed E-state index contributed by atoms with van der Waals surface area (Å²) >= 11 is 7.66.